The number of benzene rings is 6. The second-order valence-corrected chi connectivity index (χ2v) is 19.2. The van der Waals surface area contributed by atoms with Crippen LogP contribution in [0.5, 0.6) is 0 Å². The number of hydrogen-bond donors (Lipinski definition) is 3. The van der Waals surface area contributed by atoms with E-state index in [1.807, 2.05) is 0 Å². The highest BCUT2D eigenvalue weighted by Crippen LogP contribution is 2.14. The van der Waals surface area contributed by atoms with Gasteiger partial charge in [0.15, 0.2) is 0 Å². The van der Waals surface area contributed by atoms with Crippen LogP contribution in [0.2, 0.25) is 0 Å². The van der Waals surface area contributed by atoms with Crippen molar-refractivity contribution >= 4 is 71.6 Å². The molecule has 0 saturated heterocycles. The lowest BCUT2D eigenvalue weighted by molar-refractivity contribution is 0.0263. The maximum Gasteiger partial charge on any atom is 0.338 e. The van der Waals surface area contributed by atoms with E-state index in [9.17, 15) is 57.5 Å². The molecule has 0 bridgehead atoms. The van der Waals surface area contributed by atoms with Gasteiger partial charge in [-0.3, -0.25) is 0 Å². The normalized spacial score (nSPS) is 10.2. The summed E-state index contributed by atoms with van der Waals surface area (Å²) < 4.78 is 74.0. The van der Waals surface area contributed by atoms with Crippen molar-refractivity contribution in [2.24, 2.45) is 0 Å². The monoisotopic (exact) mass is 1380 g/mol. The quantitative estimate of drug-likeness (QED) is 0.0266. The summed E-state index contributed by atoms with van der Waals surface area (Å²) >= 11 is 0. The fourth-order valence-corrected chi connectivity index (χ4v) is 7.33. The Bertz CT molecular complexity index is 3550. The highest BCUT2D eigenvalue weighted by molar-refractivity contribution is 5.97. The van der Waals surface area contributed by atoms with Crippen molar-refractivity contribution < 1.29 is 144 Å². The topological polar surface area (TPSA) is 404 Å². The van der Waals surface area contributed by atoms with E-state index in [1.54, 1.807) is 0 Å². The first-order valence-corrected chi connectivity index (χ1v) is 29.8. The molecule has 0 saturated carbocycles. The van der Waals surface area contributed by atoms with Crippen LogP contribution in [0.25, 0.3) is 0 Å². The molecular weight excluding hydrogens is 1310 g/mol. The van der Waals surface area contributed by atoms with Gasteiger partial charge in [-0.25, -0.2) is 57.5 Å². The van der Waals surface area contributed by atoms with Crippen LogP contribution < -0.4 is 0 Å². The van der Waals surface area contributed by atoms with E-state index in [1.165, 1.54) is 167 Å². The molecule has 0 radical (unpaired) electrons. The second kappa shape index (κ2) is 46.0. The summed E-state index contributed by atoms with van der Waals surface area (Å²) in [4.78, 5) is 143. The minimum Gasteiger partial charge on any atom is -0.460 e. The Morgan fingerprint density at radius 2 is 0.273 bits per heavy atom. The largest absolute Gasteiger partial charge is 0.460 e. The third-order valence-electron chi connectivity index (χ3n) is 12.3. The number of carbonyl (C=O) groups excluding carboxylic acids is 12. The van der Waals surface area contributed by atoms with Gasteiger partial charge in [-0.2, -0.15) is 0 Å². The number of methoxy groups -OCH3 is 3. The Hall–Kier alpha value is -11.3. The van der Waals surface area contributed by atoms with E-state index in [4.69, 9.17) is 86.4 Å². The molecule has 0 aliphatic heterocycles. The van der Waals surface area contributed by atoms with Crippen LogP contribution in [-0.4, -0.2) is 227 Å². The number of esters is 12. The summed E-state index contributed by atoms with van der Waals surface area (Å²) in [6.45, 7) is -1.09. The van der Waals surface area contributed by atoms with E-state index in [0.29, 0.717) is 17.7 Å². The predicted molar refractivity (Wildman–Crippen MR) is 339 cm³/mol. The molecular formula is C69H72O30. The van der Waals surface area contributed by atoms with Crippen molar-refractivity contribution in [1.82, 2.24) is 0 Å². The van der Waals surface area contributed by atoms with Crippen molar-refractivity contribution in [3.05, 3.63) is 212 Å². The molecule has 6 rings (SSSR count). The average molecular weight is 1380 g/mol. The molecule has 6 aromatic carbocycles. The van der Waals surface area contributed by atoms with E-state index in [-0.39, 0.29) is 168 Å². The van der Waals surface area contributed by atoms with Gasteiger partial charge in [0.1, 0.15) is 79.3 Å². The van der Waals surface area contributed by atoms with Gasteiger partial charge in [0.2, 0.25) is 0 Å². The summed E-state index contributed by atoms with van der Waals surface area (Å²) in [5, 5.41) is 25.9. The fraction of sp³-hybridized carbons (Fsp3) is 0.304. The number of hydrogen-bond acceptors (Lipinski definition) is 30. The first-order valence-electron chi connectivity index (χ1n) is 29.8. The molecule has 0 aliphatic carbocycles. The van der Waals surface area contributed by atoms with Gasteiger partial charge in [-0.15, -0.1) is 0 Å². The lowest BCUT2D eigenvalue weighted by Crippen LogP contribution is -2.15. The zero-order chi connectivity index (χ0) is 72.2. The Labute approximate surface area is 566 Å². The van der Waals surface area contributed by atoms with Crippen molar-refractivity contribution in [3.8, 4) is 0 Å². The Kier molecular flexibility index (Phi) is 37.2. The van der Waals surface area contributed by atoms with Gasteiger partial charge in [-0.1, -0.05) is 0 Å². The van der Waals surface area contributed by atoms with E-state index >= 15 is 0 Å². The SMILES string of the molecule is COCCOC(=O)c1ccc(C(=O)OCCO)cc1.COCCOC(=O)c1ccc(C(=O)OCCOC(=O)c2ccc(C(=O)OCCO)cc2)cc1.COCCOC(=O)c1ccc(C(=O)OCCOC(=O)c2ccc(C(=O)OCCOC(=O)c3ccc(C(=O)OCCO)cc3)cc2)cc1. The lowest BCUT2D eigenvalue weighted by Gasteiger charge is -2.09. The minimum atomic E-state index is -0.713. The van der Waals surface area contributed by atoms with Gasteiger partial charge < -0.3 is 86.4 Å². The third-order valence-corrected chi connectivity index (χ3v) is 12.3. The van der Waals surface area contributed by atoms with Crippen LogP contribution in [0.3, 0.4) is 0 Å². The number of aliphatic hydroxyl groups is 3. The fourth-order valence-electron chi connectivity index (χ4n) is 7.33. The van der Waals surface area contributed by atoms with Gasteiger partial charge >= 0.3 is 71.6 Å². The number of carbonyl (C=O) groups is 12. The van der Waals surface area contributed by atoms with E-state index < -0.39 is 71.6 Å². The number of ether oxygens (including phenoxy) is 15. The van der Waals surface area contributed by atoms with Crippen molar-refractivity contribution in [3.63, 3.8) is 0 Å². The molecule has 0 amide bonds. The zero-order valence-corrected chi connectivity index (χ0v) is 53.9. The predicted octanol–water partition coefficient (Wildman–Crippen LogP) is 4.96. The Morgan fingerprint density at radius 1 is 0.182 bits per heavy atom. The second-order valence-electron chi connectivity index (χ2n) is 19.2. The molecule has 30 heteroatoms. The van der Waals surface area contributed by atoms with Crippen LogP contribution in [0, 0.1) is 0 Å². The molecule has 30 nitrogen and oxygen atoms in total. The molecule has 0 aliphatic rings. The maximum absolute atomic E-state index is 12.3. The van der Waals surface area contributed by atoms with Crippen LogP contribution in [-0.2, 0) is 71.1 Å². The highest BCUT2D eigenvalue weighted by atomic mass is 16.6. The Morgan fingerprint density at radius 3 is 0.364 bits per heavy atom. The van der Waals surface area contributed by atoms with Gasteiger partial charge in [0, 0.05) is 21.3 Å². The van der Waals surface area contributed by atoms with Crippen LogP contribution >= 0.6 is 0 Å². The molecule has 0 heterocycles. The van der Waals surface area contributed by atoms with Crippen LogP contribution in [0.4, 0.5) is 0 Å². The Balaban J connectivity index is 0.000000346. The molecule has 3 N–H and O–H groups in total. The molecule has 0 atom stereocenters. The molecule has 528 valence electrons. The molecule has 99 heavy (non-hydrogen) atoms. The van der Waals surface area contributed by atoms with Gasteiger partial charge in [-0.05, 0) is 146 Å². The summed E-state index contributed by atoms with van der Waals surface area (Å²) in [5.41, 5.74) is 2.67. The van der Waals surface area contributed by atoms with Crippen molar-refractivity contribution in [2.45, 2.75) is 0 Å². The average Bonchev–Trinajstić information content (AvgIpc) is 1.08. The lowest BCUT2D eigenvalue weighted by atomic mass is 10.1. The van der Waals surface area contributed by atoms with Crippen LogP contribution in [0.1, 0.15) is 124 Å². The van der Waals surface area contributed by atoms with E-state index in [2.05, 4.69) is 0 Å². The van der Waals surface area contributed by atoms with Crippen molar-refractivity contribution in [2.75, 3.05) is 140 Å². The smallest absolute Gasteiger partial charge is 0.338 e. The first kappa shape index (κ1) is 80.2. The number of aliphatic hydroxyl groups excluding tert-OH is 3. The maximum atomic E-state index is 12.3. The standard InChI is InChI=1S/C33H32O14.C23H24O10.C13H16O6/c1-41-16-17-43-29(36)23-6-8-25(9-7-23)31(38)45-20-21-47-33(40)27-12-10-26(11-13-27)32(39)46-19-18-44-30(37)24-4-2-22(3-5-24)28(35)42-15-14-34;1-29-12-13-31-21(26)17-6-8-19(9-7-17)23(28)33-15-14-32-22(27)18-4-2-16(3-5-18)20(25)30-11-10-24;1-17-8-9-19-13(16)11-4-2-10(3-5-11)12(15)18-7-6-14/h2-13,34H,14-21H2,1H3;2-9,24H,10-15H2,1H3;2-5,14H,6-9H2,1H3. The molecule has 0 aromatic heterocycles. The number of rotatable bonds is 36. The molecule has 0 unspecified atom stereocenters. The van der Waals surface area contributed by atoms with Crippen LogP contribution in [0.15, 0.2) is 146 Å². The highest BCUT2D eigenvalue weighted by Gasteiger charge is 2.18. The minimum absolute atomic E-state index is 0.0559. The molecule has 0 fully saturated rings. The van der Waals surface area contributed by atoms with Gasteiger partial charge in [0.25, 0.3) is 0 Å². The summed E-state index contributed by atoms with van der Waals surface area (Å²) in [6.07, 6.45) is 0. The van der Waals surface area contributed by atoms with E-state index in [0.717, 1.165) is 0 Å². The zero-order valence-electron chi connectivity index (χ0n) is 53.9. The first-order chi connectivity index (χ1) is 47.9. The summed E-state index contributed by atoms with van der Waals surface area (Å²) in [5.74, 6) is -7.47. The summed E-state index contributed by atoms with van der Waals surface area (Å²) in [6, 6.07) is 33.8. The third kappa shape index (κ3) is 29.7. The molecule has 0 spiro atoms. The molecule has 6 aromatic rings. The van der Waals surface area contributed by atoms with Gasteiger partial charge in [0.05, 0.1) is 106 Å². The summed E-state index contributed by atoms with van der Waals surface area (Å²) in [7, 11) is 4.49. The van der Waals surface area contributed by atoms with Crippen molar-refractivity contribution in [1.29, 1.82) is 0 Å².